The quantitative estimate of drug-likeness (QED) is 0.129. The molecule has 1 aliphatic carbocycles. The van der Waals surface area contributed by atoms with E-state index in [1.165, 1.54) is 100 Å². The van der Waals surface area contributed by atoms with Crippen molar-refractivity contribution in [3.63, 3.8) is 0 Å². The molecule has 0 nitrogen and oxygen atoms in total. The van der Waals surface area contributed by atoms with Gasteiger partial charge in [0.05, 0.1) is 0 Å². The SMILES string of the molecule is CC(C)C1=CC2=C(c3ccccc3)C(C)SC2=[C-]1.Cc1cc2c(-c3ccc(C(C)(C)C)cc3)cc(-c3ccc(C(C)(C)C)cc3)cc2[cH-]1.[CH3-].[CH3-].[Si]=[Zr]. The molecule has 0 saturated heterocycles. The molecule has 7 rings (SSSR count). The third-order valence-corrected chi connectivity index (χ3v) is 10.8. The van der Waals surface area contributed by atoms with Crippen molar-refractivity contribution in [2.45, 2.75) is 85.3 Å². The second-order valence-corrected chi connectivity index (χ2v) is 17.2. The van der Waals surface area contributed by atoms with E-state index in [1.807, 2.05) is 11.8 Å². The van der Waals surface area contributed by atoms with E-state index >= 15 is 0 Å². The molecule has 0 N–H and O–H groups in total. The van der Waals surface area contributed by atoms with E-state index in [1.54, 1.807) is 0 Å². The maximum absolute atomic E-state index is 3.57. The van der Waals surface area contributed by atoms with Crippen molar-refractivity contribution in [3.8, 4) is 22.3 Å². The first-order valence-corrected chi connectivity index (χ1v) is 22.8. The molecule has 0 amide bonds. The summed E-state index contributed by atoms with van der Waals surface area (Å²) in [7, 11) is 0. The molecule has 1 heterocycles. The maximum atomic E-state index is 3.57. The van der Waals surface area contributed by atoms with Crippen LogP contribution in [0.4, 0.5) is 0 Å². The van der Waals surface area contributed by atoms with Crippen LogP contribution in [0.15, 0.2) is 125 Å². The van der Waals surface area contributed by atoms with Gasteiger partial charge in [0.2, 0.25) is 0 Å². The molecule has 0 aromatic heterocycles. The van der Waals surface area contributed by atoms with Crippen molar-refractivity contribution in [1.82, 2.24) is 0 Å². The van der Waals surface area contributed by atoms with Crippen molar-refractivity contribution in [3.05, 3.63) is 168 Å². The van der Waals surface area contributed by atoms with Crippen LogP contribution in [0.3, 0.4) is 0 Å². The van der Waals surface area contributed by atoms with Gasteiger partial charge in [0, 0.05) is 5.25 Å². The van der Waals surface area contributed by atoms with E-state index in [0.29, 0.717) is 11.2 Å². The zero-order chi connectivity index (χ0) is 36.4. The minimum atomic E-state index is 0. The Labute approximate surface area is 337 Å². The average Bonchev–Trinajstić information content (AvgIpc) is 3.76. The second kappa shape index (κ2) is 18.0. The Morgan fingerprint density at radius 1 is 0.712 bits per heavy atom. The van der Waals surface area contributed by atoms with Gasteiger partial charge in [-0.2, -0.15) is 23.3 Å². The van der Waals surface area contributed by atoms with Crippen LogP contribution in [-0.2, 0) is 34.2 Å². The van der Waals surface area contributed by atoms with Gasteiger partial charge in [-0.15, -0.1) is 45.1 Å². The number of thioether (sulfide) groups is 1. The molecule has 1 unspecified atom stereocenters. The van der Waals surface area contributed by atoms with E-state index in [9.17, 15) is 0 Å². The minimum absolute atomic E-state index is 0. The molecule has 0 spiro atoms. The topological polar surface area (TPSA) is 0 Å². The Bertz CT molecular complexity index is 2040. The van der Waals surface area contributed by atoms with Gasteiger partial charge >= 0.3 is 30.2 Å². The molecular weight excluding hydrogens is 740 g/mol. The molecular formula is C49H56SSiZr-4. The van der Waals surface area contributed by atoms with E-state index in [-0.39, 0.29) is 25.7 Å². The number of fused-ring (bicyclic) bond motifs is 2. The Morgan fingerprint density at radius 3 is 1.77 bits per heavy atom. The monoisotopic (exact) mass is 794 g/mol. The van der Waals surface area contributed by atoms with E-state index < -0.39 is 0 Å². The summed E-state index contributed by atoms with van der Waals surface area (Å²) in [6.45, 7) is 25.6. The first-order chi connectivity index (χ1) is 23.7. The Kier molecular flexibility index (Phi) is 15.1. The van der Waals surface area contributed by atoms with Crippen LogP contribution in [0, 0.1) is 33.8 Å². The molecule has 0 fully saturated rings. The fraction of sp³-hybridized carbons (Fsp3) is 0.286. The Balaban J connectivity index is 0.000000285. The molecule has 5 aromatic carbocycles. The summed E-state index contributed by atoms with van der Waals surface area (Å²) < 4.78 is 0. The summed E-state index contributed by atoms with van der Waals surface area (Å²) in [5, 5.41) is 3.20. The van der Waals surface area contributed by atoms with E-state index in [2.05, 4.69) is 191 Å². The fourth-order valence-corrected chi connectivity index (χ4v) is 7.92. The summed E-state index contributed by atoms with van der Waals surface area (Å²) in [6, 6.07) is 38.3. The van der Waals surface area contributed by atoms with Crippen LogP contribution < -0.4 is 0 Å². The van der Waals surface area contributed by atoms with Gasteiger partial charge in [-0.05, 0) is 51.5 Å². The molecule has 0 bridgehead atoms. The molecule has 2 radical (unpaired) electrons. The van der Waals surface area contributed by atoms with Gasteiger partial charge < -0.3 is 14.9 Å². The van der Waals surface area contributed by atoms with E-state index in [4.69, 9.17) is 0 Å². The number of allylic oxidation sites excluding steroid dienone is 4. The van der Waals surface area contributed by atoms with E-state index in [0.717, 1.165) is 0 Å². The molecule has 0 saturated carbocycles. The van der Waals surface area contributed by atoms with Crippen LogP contribution in [0.2, 0.25) is 0 Å². The van der Waals surface area contributed by atoms with Gasteiger partial charge in [0.15, 0.2) is 0 Å². The summed E-state index contributed by atoms with van der Waals surface area (Å²) in [5.41, 5.74) is 15.1. The van der Waals surface area contributed by atoms with Crippen molar-refractivity contribution >= 4 is 35.0 Å². The first-order valence-electron chi connectivity index (χ1n) is 17.7. The molecule has 1 atom stereocenters. The summed E-state index contributed by atoms with van der Waals surface area (Å²) in [5.74, 6) is 0.559. The predicted octanol–water partition coefficient (Wildman–Crippen LogP) is 14.2. The number of aryl methyl sites for hydroxylation is 1. The van der Waals surface area contributed by atoms with Crippen molar-refractivity contribution < 1.29 is 23.3 Å². The summed E-state index contributed by atoms with van der Waals surface area (Å²) >= 11 is 3.30. The van der Waals surface area contributed by atoms with Crippen LogP contribution in [0.5, 0.6) is 0 Å². The van der Waals surface area contributed by atoms with Gasteiger partial charge in [0.1, 0.15) is 0 Å². The summed E-state index contributed by atoms with van der Waals surface area (Å²) in [4.78, 5) is 1.34. The molecule has 52 heavy (non-hydrogen) atoms. The zero-order valence-corrected chi connectivity index (χ0v) is 37.7. The van der Waals surface area contributed by atoms with Gasteiger partial charge in [-0.25, -0.2) is 6.08 Å². The molecule has 1 aliphatic heterocycles. The number of rotatable bonds is 4. The van der Waals surface area contributed by atoms with Crippen molar-refractivity contribution in [1.29, 1.82) is 0 Å². The number of hydrogen-bond donors (Lipinski definition) is 0. The van der Waals surface area contributed by atoms with Crippen LogP contribution in [0.1, 0.15) is 84.6 Å². The fourth-order valence-electron chi connectivity index (χ4n) is 6.71. The Morgan fingerprint density at radius 2 is 1.25 bits per heavy atom. The average molecular weight is 796 g/mol. The third kappa shape index (κ3) is 9.82. The number of hydrogen-bond acceptors (Lipinski definition) is 1. The third-order valence-electron chi connectivity index (χ3n) is 9.61. The standard InChI is InChI=1S/C30H33.C17H17S.2CH3.Si.Zr/c1-20-16-24-18-23(21-8-12-25(13-9-21)29(2,3)4)19-28(27(24)17-20)22-10-14-26(15-11-22)30(5,6)7;1-11(2)14-9-15-16(10-14)18-12(3)17(15)13-7-5-4-6-8-13;;;;/h8-19H,1-7H3;4-9,11-12H,1-3H3;2*1H3;;/q4*-1;;. The van der Waals surface area contributed by atoms with Crippen molar-refractivity contribution in [2.75, 3.05) is 0 Å². The molecule has 5 aromatic rings. The Hall–Kier alpha value is -2.84. The first kappa shape index (κ1) is 43.6. The van der Waals surface area contributed by atoms with Gasteiger partial charge in [-0.1, -0.05) is 164 Å². The van der Waals surface area contributed by atoms with Gasteiger partial charge in [0.25, 0.3) is 0 Å². The zero-order valence-electron chi connectivity index (χ0n) is 33.5. The van der Waals surface area contributed by atoms with Crippen LogP contribution in [0.25, 0.3) is 38.6 Å². The van der Waals surface area contributed by atoms with Crippen LogP contribution >= 0.6 is 11.8 Å². The van der Waals surface area contributed by atoms with Gasteiger partial charge in [-0.3, -0.25) is 0 Å². The molecule has 270 valence electrons. The van der Waals surface area contributed by atoms with Crippen molar-refractivity contribution in [2.24, 2.45) is 5.92 Å². The second-order valence-electron chi connectivity index (χ2n) is 15.9. The normalized spacial score (nSPS) is 15.0. The number of benzene rings is 4. The molecule has 3 heteroatoms. The predicted molar refractivity (Wildman–Crippen MR) is 231 cm³/mol. The molecule has 2 aliphatic rings. The van der Waals surface area contributed by atoms with Crippen LogP contribution in [-0.4, -0.2) is 12.1 Å². The summed E-state index contributed by atoms with van der Waals surface area (Å²) in [6.07, 6.45) is 5.90.